The Bertz CT molecular complexity index is 1280. The van der Waals surface area contributed by atoms with Crippen LogP contribution in [0.15, 0.2) is 42.5 Å². The van der Waals surface area contributed by atoms with Crippen molar-refractivity contribution in [2.45, 2.75) is 97.6 Å². The summed E-state index contributed by atoms with van der Waals surface area (Å²) in [7, 11) is 1.35. The summed E-state index contributed by atoms with van der Waals surface area (Å²) in [4.78, 5) is 30.1. The third kappa shape index (κ3) is 7.03. The molecule has 2 aromatic rings. The number of hydrogen-bond acceptors (Lipinski definition) is 5. The van der Waals surface area contributed by atoms with Gasteiger partial charge in [-0.25, -0.2) is 4.79 Å². The topological polar surface area (TPSA) is 67.9 Å². The molecule has 1 amide bonds. The van der Waals surface area contributed by atoms with Crippen LogP contribution in [0.4, 0.5) is 13.2 Å². The van der Waals surface area contributed by atoms with Gasteiger partial charge in [0.05, 0.1) is 25.3 Å². The predicted octanol–water partition coefficient (Wildman–Crippen LogP) is 7.24. The SMILES string of the molecule is CCOC(=O)[C@@H]1[C@@H](C(C)(C)C)[C@H](NCc2ccc(C(F)(F)F)cc2OC)[C@H](c2ccccc2C)N1C(=O)C1CCCCC1. The first kappa shape index (κ1) is 32.8. The summed E-state index contributed by atoms with van der Waals surface area (Å²) < 4.78 is 51.3. The Morgan fingerprint density at radius 1 is 1.02 bits per heavy atom. The van der Waals surface area contributed by atoms with Gasteiger partial charge in [-0.2, -0.15) is 13.2 Å². The summed E-state index contributed by atoms with van der Waals surface area (Å²) in [6.07, 6.45) is 0.114. The smallest absolute Gasteiger partial charge is 0.416 e. The predicted molar refractivity (Wildman–Crippen MR) is 159 cm³/mol. The average Bonchev–Trinajstić information content (AvgIpc) is 3.31. The van der Waals surface area contributed by atoms with Crippen LogP contribution in [-0.2, 0) is 27.0 Å². The number of methoxy groups -OCH3 is 1. The van der Waals surface area contributed by atoms with E-state index in [-0.39, 0.29) is 36.6 Å². The van der Waals surface area contributed by atoms with Gasteiger partial charge in [-0.1, -0.05) is 70.4 Å². The third-order valence-electron chi connectivity index (χ3n) is 9.05. The van der Waals surface area contributed by atoms with Crippen LogP contribution < -0.4 is 10.1 Å². The normalized spacial score (nSPS) is 23.3. The minimum atomic E-state index is -4.50. The van der Waals surface area contributed by atoms with Crippen LogP contribution in [0.3, 0.4) is 0 Å². The number of likely N-dealkylation sites (tertiary alicyclic amines) is 1. The summed E-state index contributed by atoms with van der Waals surface area (Å²) in [6, 6.07) is 9.63. The highest BCUT2D eigenvalue weighted by atomic mass is 19.4. The zero-order chi connectivity index (χ0) is 31.5. The van der Waals surface area contributed by atoms with Gasteiger partial charge in [0, 0.05) is 30.0 Å². The largest absolute Gasteiger partial charge is 0.496 e. The minimum Gasteiger partial charge on any atom is -0.496 e. The molecule has 9 heteroatoms. The third-order valence-corrected chi connectivity index (χ3v) is 9.05. The second-order valence-electron chi connectivity index (χ2n) is 12.9. The molecule has 2 fully saturated rings. The van der Waals surface area contributed by atoms with E-state index in [9.17, 15) is 22.8 Å². The molecule has 4 rings (SSSR count). The number of ether oxygens (including phenoxy) is 2. The van der Waals surface area contributed by atoms with E-state index in [0.717, 1.165) is 55.4 Å². The Morgan fingerprint density at radius 2 is 1.70 bits per heavy atom. The second kappa shape index (κ2) is 13.3. The van der Waals surface area contributed by atoms with Crippen LogP contribution in [0.25, 0.3) is 0 Å². The molecule has 236 valence electrons. The molecule has 4 atom stereocenters. The molecular weight excluding hydrogens is 557 g/mol. The van der Waals surface area contributed by atoms with Crippen molar-refractivity contribution in [1.29, 1.82) is 0 Å². The number of carbonyl (C=O) groups is 2. The molecule has 2 aliphatic rings. The standard InChI is InChI=1S/C34H45F3N2O4/c1-7-43-32(41)30-27(33(3,4)5)28(38-20-23-17-18-24(34(35,36)37)19-26(23)42-6)29(25-16-12-11-13-21(25)2)39(30)31(40)22-14-9-8-10-15-22/h11-13,16-19,22,27-30,38H,7-10,14-15,20H2,1-6H3/t27-,28-,29-,30-/m0/s1. The first-order chi connectivity index (χ1) is 20.3. The second-order valence-corrected chi connectivity index (χ2v) is 12.9. The van der Waals surface area contributed by atoms with Crippen molar-refractivity contribution in [3.05, 3.63) is 64.7 Å². The summed E-state index contributed by atoms with van der Waals surface area (Å²) in [5.41, 5.74) is 1.25. The lowest BCUT2D eigenvalue weighted by molar-refractivity contribution is -0.158. The summed E-state index contributed by atoms with van der Waals surface area (Å²) in [6.45, 7) is 10.3. The Morgan fingerprint density at radius 3 is 2.28 bits per heavy atom. The molecule has 0 aromatic heterocycles. The lowest BCUT2D eigenvalue weighted by atomic mass is 9.72. The fourth-order valence-corrected chi connectivity index (χ4v) is 7.04. The minimum absolute atomic E-state index is 0.0309. The Balaban J connectivity index is 1.84. The molecular formula is C34H45F3N2O4. The van der Waals surface area contributed by atoms with Gasteiger partial charge in [0.1, 0.15) is 11.8 Å². The van der Waals surface area contributed by atoms with Gasteiger partial charge < -0.3 is 19.7 Å². The van der Waals surface area contributed by atoms with Gasteiger partial charge in [0.25, 0.3) is 0 Å². The van der Waals surface area contributed by atoms with Gasteiger partial charge in [-0.05, 0) is 55.4 Å². The fraction of sp³-hybridized carbons (Fsp3) is 0.588. The molecule has 0 bridgehead atoms. The van der Waals surface area contributed by atoms with Crippen LogP contribution in [0, 0.1) is 24.2 Å². The van der Waals surface area contributed by atoms with Crippen LogP contribution >= 0.6 is 0 Å². The number of amides is 1. The lowest BCUT2D eigenvalue weighted by Gasteiger charge is -2.37. The summed E-state index contributed by atoms with van der Waals surface area (Å²) in [5.74, 6) is -0.869. The van der Waals surface area contributed by atoms with Crippen LogP contribution in [-0.4, -0.2) is 42.6 Å². The van der Waals surface area contributed by atoms with E-state index in [1.807, 2.05) is 31.2 Å². The number of benzene rings is 2. The van der Waals surface area contributed by atoms with Gasteiger partial charge in [0.2, 0.25) is 5.91 Å². The van der Waals surface area contributed by atoms with E-state index >= 15 is 0 Å². The summed E-state index contributed by atoms with van der Waals surface area (Å²) in [5, 5.41) is 3.62. The van der Waals surface area contributed by atoms with Gasteiger partial charge >= 0.3 is 12.1 Å². The van der Waals surface area contributed by atoms with Gasteiger partial charge in [-0.15, -0.1) is 0 Å². The molecule has 1 saturated heterocycles. The molecule has 1 aliphatic carbocycles. The number of carbonyl (C=O) groups excluding carboxylic acids is 2. The van der Waals surface area contributed by atoms with Crippen molar-refractivity contribution >= 4 is 11.9 Å². The van der Waals surface area contributed by atoms with Crippen molar-refractivity contribution in [1.82, 2.24) is 10.2 Å². The first-order valence-electron chi connectivity index (χ1n) is 15.3. The molecule has 0 unspecified atom stereocenters. The molecule has 2 aromatic carbocycles. The number of hydrogen-bond donors (Lipinski definition) is 1. The highest BCUT2D eigenvalue weighted by Crippen LogP contribution is 2.50. The number of esters is 1. The van der Waals surface area contributed by atoms with Crippen LogP contribution in [0.2, 0.25) is 0 Å². The zero-order valence-corrected chi connectivity index (χ0v) is 26.1. The number of nitrogens with one attached hydrogen (secondary N) is 1. The van der Waals surface area contributed by atoms with E-state index in [1.165, 1.54) is 13.2 Å². The van der Waals surface area contributed by atoms with Gasteiger partial charge in [0.15, 0.2) is 0 Å². The van der Waals surface area contributed by atoms with E-state index < -0.39 is 41.2 Å². The lowest BCUT2D eigenvalue weighted by Crippen LogP contribution is -2.50. The van der Waals surface area contributed by atoms with Crippen LogP contribution in [0.5, 0.6) is 5.75 Å². The quantitative estimate of drug-likeness (QED) is 0.323. The number of rotatable bonds is 8. The maximum absolute atomic E-state index is 14.5. The molecule has 0 radical (unpaired) electrons. The van der Waals surface area contributed by atoms with Crippen molar-refractivity contribution in [3.8, 4) is 5.75 Å². The molecule has 6 nitrogen and oxygen atoms in total. The first-order valence-corrected chi connectivity index (χ1v) is 15.3. The maximum Gasteiger partial charge on any atom is 0.416 e. The fourth-order valence-electron chi connectivity index (χ4n) is 7.04. The number of nitrogens with zero attached hydrogens (tertiary/aromatic N) is 1. The molecule has 1 heterocycles. The summed E-state index contributed by atoms with van der Waals surface area (Å²) >= 11 is 0. The number of alkyl halides is 3. The van der Waals surface area contributed by atoms with Crippen molar-refractivity contribution in [2.75, 3.05) is 13.7 Å². The Hall–Kier alpha value is -3.07. The number of aryl methyl sites for hydroxylation is 1. The van der Waals surface area contributed by atoms with Crippen molar-refractivity contribution in [3.63, 3.8) is 0 Å². The van der Waals surface area contributed by atoms with Crippen molar-refractivity contribution < 1.29 is 32.2 Å². The highest BCUT2D eigenvalue weighted by Gasteiger charge is 2.59. The number of halogens is 3. The van der Waals surface area contributed by atoms with Crippen molar-refractivity contribution in [2.24, 2.45) is 17.3 Å². The molecule has 1 saturated carbocycles. The van der Waals surface area contributed by atoms with E-state index in [0.29, 0.717) is 5.56 Å². The molecule has 0 spiro atoms. The molecule has 43 heavy (non-hydrogen) atoms. The highest BCUT2D eigenvalue weighted by molar-refractivity contribution is 5.88. The maximum atomic E-state index is 14.5. The van der Waals surface area contributed by atoms with E-state index in [1.54, 1.807) is 11.8 Å². The zero-order valence-electron chi connectivity index (χ0n) is 26.1. The molecule has 1 aliphatic heterocycles. The Labute approximate surface area is 253 Å². The van der Waals surface area contributed by atoms with E-state index in [2.05, 4.69) is 26.1 Å². The van der Waals surface area contributed by atoms with Gasteiger partial charge in [-0.3, -0.25) is 4.79 Å². The monoisotopic (exact) mass is 602 g/mol. The Kier molecular flexibility index (Phi) is 10.1. The average molecular weight is 603 g/mol. The van der Waals surface area contributed by atoms with E-state index in [4.69, 9.17) is 9.47 Å². The molecule has 1 N–H and O–H groups in total. The van der Waals surface area contributed by atoms with Crippen LogP contribution in [0.1, 0.15) is 88.1 Å².